The van der Waals surface area contributed by atoms with E-state index in [-0.39, 0.29) is 17.9 Å². The highest BCUT2D eigenvalue weighted by atomic mass is 35.5. The highest BCUT2D eigenvalue weighted by molar-refractivity contribution is 5.85. The normalized spacial score (nSPS) is 21.7. The third kappa shape index (κ3) is 4.79. The zero-order valence-corrected chi connectivity index (χ0v) is 18.7. The SMILES string of the molecule is CN(C)c1ccccc1C1CCC(C)(NCCc2c[nH]c3ccccc23)CC1.Cl. The van der Waals surface area contributed by atoms with E-state index >= 15 is 0 Å². The van der Waals surface area contributed by atoms with E-state index in [2.05, 4.69) is 90.9 Å². The van der Waals surface area contributed by atoms with Crippen molar-refractivity contribution in [2.24, 2.45) is 0 Å². The van der Waals surface area contributed by atoms with Crippen molar-refractivity contribution in [1.29, 1.82) is 0 Å². The van der Waals surface area contributed by atoms with Gasteiger partial charge >= 0.3 is 0 Å². The number of nitrogens with one attached hydrogen (secondary N) is 2. The van der Waals surface area contributed by atoms with Crippen molar-refractivity contribution in [1.82, 2.24) is 10.3 Å². The predicted octanol–water partition coefficient (Wildman–Crippen LogP) is 5.90. The van der Waals surface area contributed by atoms with Crippen molar-refractivity contribution >= 4 is 29.0 Å². The summed E-state index contributed by atoms with van der Waals surface area (Å²) in [5.74, 6) is 0.682. The van der Waals surface area contributed by atoms with E-state index in [1.807, 2.05) is 0 Å². The van der Waals surface area contributed by atoms with Crippen LogP contribution >= 0.6 is 12.4 Å². The molecule has 2 aromatic carbocycles. The first-order chi connectivity index (χ1) is 13.6. The second-order valence-corrected chi connectivity index (χ2v) is 8.82. The second kappa shape index (κ2) is 9.23. The molecule has 0 radical (unpaired) electrons. The quantitative estimate of drug-likeness (QED) is 0.528. The predicted molar refractivity (Wildman–Crippen MR) is 128 cm³/mol. The number of benzene rings is 2. The fraction of sp³-hybridized carbons (Fsp3) is 0.440. The first-order valence-corrected chi connectivity index (χ1v) is 10.6. The molecular weight excluding hydrogens is 378 g/mol. The van der Waals surface area contributed by atoms with Gasteiger partial charge in [0.25, 0.3) is 0 Å². The summed E-state index contributed by atoms with van der Waals surface area (Å²) in [4.78, 5) is 5.65. The molecule has 0 saturated heterocycles. The Morgan fingerprint density at radius 3 is 2.48 bits per heavy atom. The lowest BCUT2D eigenvalue weighted by Gasteiger charge is -2.39. The molecule has 0 amide bonds. The number of fused-ring (bicyclic) bond motifs is 1. The number of para-hydroxylation sites is 2. The van der Waals surface area contributed by atoms with Crippen LogP contribution in [0.1, 0.15) is 49.7 Å². The van der Waals surface area contributed by atoms with Crippen molar-refractivity contribution in [3.05, 3.63) is 65.9 Å². The van der Waals surface area contributed by atoms with Crippen molar-refractivity contribution in [3.63, 3.8) is 0 Å². The molecule has 3 aromatic rings. The molecule has 29 heavy (non-hydrogen) atoms. The number of aromatic amines is 1. The molecule has 156 valence electrons. The van der Waals surface area contributed by atoms with E-state index in [0.29, 0.717) is 5.92 Å². The average molecular weight is 412 g/mol. The zero-order valence-electron chi connectivity index (χ0n) is 17.9. The number of halogens is 1. The molecule has 1 fully saturated rings. The van der Waals surface area contributed by atoms with Gasteiger partial charge in [0.2, 0.25) is 0 Å². The summed E-state index contributed by atoms with van der Waals surface area (Å²) < 4.78 is 0. The van der Waals surface area contributed by atoms with Gasteiger partial charge in [0.1, 0.15) is 0 Å². The molecule has 0 atom stereocenters. The second-order valence-electron chi connectivity index (χ2n) is 8.82. The van der Waals surface area contributed by atoms with Crippen LogP contribution in [0.15, 0.2) is 54.7 Å². The summed E-state index contributed by atoms with van der Waals surface area (Å²) in [7, 11) is 4.30. The van der Waals surface area contributed by atoms with Gasteiger partial charge < -0.3 is 15.2 Å². The molecule has 0 spiro atoms. The molecule has 1 heterocycles. The van der Waals surface area contributed by atoms with Crippen LogP contribution in [0.2, 0.25) is 0 Å². The van der Waals surface area contributed by atoms with E-state index in [9.17, 15) is 0 Å². The molecule has 0 bridgehead atoms. The maximum atomic E-state index is 3.89. The van der Waals surface area contributed by atoms with Crippen molar-refractivity contribution in [2.45, 2.75) is 50.5 Å². The molecule has 3 nitrogen and oxygen atoms in total. The van der Waals surface area contributed by atoms with Crippen molar-refractivity contribution < 1.29 is 0 Å². The van der Waals surface area contributed by atoms with Crippen LogP contribution in [0.4, 0.5) is 5.69 Å². The lowest BCUT2D eigenvalue weighted by atomic mass is 9.74. The third-order valence-electron chi connectivity index (χ3n) is 6.57. The monoisotopic (exact) mass is 411 g/mol. The van der Waals surface area contributed by atoms with Gasteiger partial charge in [-0.1, -0.05) is 36.4 Å². The average Bonchev–Trinajstić information content (AvgIpc) is 3.12. The highest BCUT2D eigenvalue weighted by Gasteiger charge is 2.32. The van der Waals surface area contributed by atoms with E-state index in [0.717, 1.165) is 13.0 Å². The van der Waals surface area contributed by atoms with E-state index in [1.165, 1.54) is 53.4 Å². The first-order valence-electron chi connectivity index (χ1n) is 10.6. The molecule has 4 heteroatoms. The van der Waals surface area contributed by atoms with Crippen LogP contribution in [-0.4, -0.2) is 31.2 Å². The van der Waals surface area contributed by atoms with Gasteiger partial charge in [-0.2, -0.15) is 0 Å². The Labute approximate surface area is 181 Å². The minimum absolute atomic E-state index is 0. The summed E-state index contributed by atoms with van der Waals surface area (Å²) in [6.45, 7) is 3.45. The van der Waals surface area contributed by atoms with Crippen LogP contribution in [0, 0.1) is 0 Å². The Balaban J connectivity index is 0.00000240. The number of hydrogen-bond acceptors (Lipinski definition) is 2. The van der Waals surface area contributed by atoms with Crippen LogP contribution in [0.5, 0.6) is 0 Å². The topological polar surface area (TPSA) is 31.1 Å². The molecular formula is C25H34ClN3. The van der Waals surface area contributed by atoms with Crippen molar-refractivity contribution in [2.75, 3.05) is 25.5 Å². The third-order valence-corrected chi connectivity index (χ3v) is 6.57. The number of anilines is 1. The fourth-order valence-corrected chi connectivity index (χ4v) is 4.82. The molecule has 1 aliphatic carbocycles. The summed E-state index contributed by atoms with van der Waals surface area (Å²) in [5.41, 5.74) is 5.82. The van der Waals surface area contributed by atoms with Gasteiger partial charge in [0.15, 0.2) is 0 Å². The van der Waals surface area contributed by atoms with Gasteiger partial charge in [0, 0.05) is 42.4 Å². The lowest BCUT2D eigenvalue weighted by Crippen LogP contribution is -2.45. The van der Waals surface area contributed by atoms with Gasteiger partial charge in [-0.25, -0.2) is 0 Å². The largest absolute Gasteiger partial charge is 0.377 e. The van der Waals surface area contributed by atoms with Crippen LogP contribution in [0.3, 0.4) is 0 Å². The van der Waals surface area contributed by atoms with Gasteiger partial charge in [-0.15, -0.1) is 12.4 Å². The molecule has 1 aliphatic rings. The van der Waals surface area contributed by atoms with Crippen LogP contribution in [-0.2, 0) is 6.42 Å². The minimum Gasteiger partial charge on any atom is -0.377 e. The summed E-state index contributed by atoms with van der Waals surface area (Å²) in [5, 5.41) is 5.25. The molecule has 4 rings (SSSR count). The fourth-order valence-electron chi connectivity index (χ4n) is 4.82. The van der Waals surface area contributed by atoms with Gasteiger partial charge in [0.05, 0.1) is 0 Å². The van der Waals surface area contributed by atoms with Crippen LogP contribution < -0.4 is 10.2 Å². The summed E-state index contributed by atoms with van der Waals surface area (Å²) >= 11 is 0. The summed E-state index contributed by atoms with van der Waals surface area (Å²) in [6.07, 6.45) is 8.26. The number of rotatable bonds is 6. The number of aromatic nitrogens is 1. The Morgan fingerprint density at radius 1 is 1.03 bits per heavy atom. The highest BCUT2D eigenvalue weighted by Crippen LogP contribution is 2.40. The zero-order chi connectivity index (χ0) is 19.6. The Kier molecular flexibility index (Phi) is 6.92. The molecule has 0 unspecified atom stereocenters. The number of hydrogen-bond donors (Lipinski definition) is 2. The lowest BCUT2D eigenvalue weighted by molar-refractivity contribution is 0.238. The Hall–Kier alpha value is -1.97. The number of nitrogens with zero attached hydrogens (tertiary/aromatic N) is 1. The molecule has 1 saturated carbocycles. The molecule has 2 N–H and O–H groups in total. The first kappa shape index (κ1) is 21.7. The minimum atomic E-state index is 0. The Bertz CT molecular complexity index is 922. The van der Waals surface area contributed by atoms with Crippen molar-refractivity contribution in [3.8, 4) is 0 Å². The van der Waals surface area contributed by atoms with Gasteiger partial charge in [-0.3, -0.25) is 0 Å². The number of H-pyrrole nitrogens is 1. The Morgan fingerprint density at radius 2 is 1.72 bits per heavy atom. The van der Waals surface area contributed by atoms with Crippen LogP contribution in [0.25, 0.3) is 10.9 Å². The van der Waals surface area contributed by atoms with E-state index in [4.69, 9.17) is 0 Å². The standard InChI is InChI=1S/C25H33N3.ClH/c1-25(27-17-14-20-18-26-23-10-6-4-8-21(20)23)15-12-19(13-16-25)22-9-5-7-11-24(22)28(2)3;/h4-11,18-19,26-27H,12-17H2,1-3H3;1H. The smallest absolute Gasteiger partial charge is 0.0456 e. The maximum Gasteiger partial charge on any atom is 0.0456 e. The maximum absolute atomic E-state index is 3.89. The van der Waals surface area contributed by atoms with E-state index < -0.39 is 0 Å². The van der Waals surface area contributed by atoms with Gasteiger partial charge in [-0.05, 0) is 74.8 Å². The van der Waals surface area contributed by atoms with E-state index in [1.54, 1.807) is 0 Å². The summed E-state index contributed by atoms with van der Waals surface area (Å²) in [6, 6.07) is 17.5. The molecule has 0 aliphatic heterocycles. The molecule has 1 aromatic heterocycles.